The average molecular weight is 432 g/mol. The highest BCUT2D eigenvalue weighted by atomic mass is 16.3. The zero-order chi connectivity index (χ0) is 22.6. The van der Waals surface area contributed by atoms with Crippen LogP contribution in [0.1, 0.15) is 34.5 Å². The van der Waals surface area contributed by atoms with E-state index in [1.807, 2.05) is 0 Å². The maximum Gasteiger partial charge on any atom is 0.267 e. The quantitative estimate of drug-likeness (QED) is 0.557. The van der Waals surface area contributed by atoms with Gasteiger partial charge in [-0.05, 0) is 42.6 Å². The number of carbonyl (C=O) groups excluding carboxylic acids is 3. The molecule has 2 N–H and O–H groups in total. The maximum atomic E-state index is 13.3. The smallest absolute Gasteiger partial charge is 0.267 e. The summed E-state index contributed by atoms with van der Waals surface area (Å²) in [6.07, 6.45) is 2.66. The topological polar surface area (TPSA) is 99.9 Å². The number of ketones is 1. The standard InChI is InChI=1S/C25H24N2O5/c28-21(22-14-8-16-32-22)17-27-15-7-13-20(27)23(29)26-24(30)25(31,18-9-3-1-4-10-18)19-11-5-2-6-12-19/h1-6,8-12,14,16,20,31H,7,13,15,17H2,(H,26,29,30)/t20-/m0/s1. The first-order valence-corrected chi connectivity index (χ1v) is 10.5. The molecule has 1 atom stereocenters. The minimum Gasteiger partial charge on any atom is -0.461 e. The number of Topliss-reactive ketones (excluding diaryl/α,β-unsaturated/α-hetero) is 1. The number of carbonyl (C=O) groups is 3. The van der Waals surface area contributed by atoms with Crippen molar-refractivity contribution < 1.29 is 23.9 Å². The van der Waals surface area contributed by atoms with Crippen LogP contribution in [-0.2, 0) is 15.2 Å². The molecule has 1 fully saturated rings. The molecule has 32 heavy (non-hydrogen) atoms. The van der Waals surface area contributed by atoms with E-state index in [-0.39, 0.29) is 18.1 Å². The molecule has 4 rings (SSSR count). The van der Waals surface area contributed by atoms with Crippen LogP contribution in [0.3, 0.4) is 0 Å². The zero-order valence-electron chi connectivity index (χ0n) is 17.4. The molecule has 164 valence electrons. The van der Waals surface area contributed by atoms with E-state index in [0.717, 1.165) is 6.42 Å². The largest absolute Gasteiger partial charge is 0.461 e. The highest BCUT2D eigenvalue weighted by Gasteiger charge is 2.42. The fourth-order valence-electron chi connectivity index (χ4n) is 4.09. The van der Waals surface area contributed by atoms with Gasteiger partial charge in [-0.1, -0.05) is 60.7 Å². The molecule has 0 aliphatic carbocycles. The van der Waals surface area contributed by atoms with E-state index in [0.29, 0.717) is 24.1 Å². The normalized spacial score (nSPS) is 16.6. The molecular weight excluding hydrogens is 408 g/mol. The van der Waals surface area contributed by atoms with Crippen LogP contribution in [0, 0.1) is 0 Å². The Morgan fingerprint density at radius 1 is 0.969 bits per heavy atom. The molecule has 3 aromatic rings. The Morgan fingerprint density at radius 2 is 1.59 bits per heavy atom. The second kappa shape index (κ2) is 9.30. The molecule has 2 heterocycles. The molecule has 0 saturated carbocycles. The highest BCUT2D eigenvalue weighted by Crippen LogP contribution is 2.30. The van der Waals surface area contributed by atoms with Crippen molar-refractivity contribution in [2.75, 3.05) is 13.1 Å². The van der Waals surface area contributed by atoms with Gasteiger partial charge in [-0.25, -0.2) is 0 Å². The van der Waals surface area contributed by atoms with Gasteiger partial charge in [0.05, 0.1) is 18.8 Å². The van der Waals surface area contributed by atoms with E-state index in [1.54, 1.807) is 77.7 Å². The lowest BCUT2D eigenvalue weighted by Crippen LogP contribution is -2.53. The number of hydrogen-bond donors (Lipinski definition) is 2. The Hall–Kier alpha value is -3.55. The zero-order valence-corrected chi connectivity index (χ0v) is 17.4. The third-order valence-corrected chi connectivity index (χ3v) is 5.76. The van der Waals surface area contributed by atoms with E-state index in [1.165, 1.54) is 6.26 Å². The molecule has 0 spiro atoms. The Labute approximate surface area is 185 Å². The van der Waals surface area contributed by atoms with E-state index in [9.17, 15) is 19.5 Å². The maximum absolute atomic E-state index is 13.3. The molecule has 1 aromatic heterocycles. The summed E-state index contributed by atoms with van der Waals surface area (Å²) in [6.45, 7) is 0.571. The van der Waals surface area contributed by atoms with Crippen molar-refractivity contribution in [1.82, 2.24) is 10.2 Å². The van der Waals surface area contributed by atoms with Crippen LogP contribution in [0.5, 0.6) is 0 Å². The summed E-state index contributed by atoms with van der Waals surface area (Å²) in [5.74, 6) is -1.37. The fraction of sp³-hybridized carbons (Fsp3) is 0.240. The number of likely N-dealkylation sites (tertiary alicyclic amines) is 1. The molecule has 7 heteroatoms. The number of furan rings is 1. The first-order chi connectivity index (χ1) is 15.5. The third-order valence-electron chi connectivity index (χ3n) is 5.76. The van der Waals surface area contributed by atoms with E-state index in [4.69, 9.17) is 4.42 Å². The number of rotatable bonds is 7. The van der Waals surface area contributed by atoms with E-state index >= 15 is 0 Å². The monoisotopic (exact) mass is 432 g/mol. The van der Waals surface area contributed by atoms with Crippen molar-refractivity contribution in [1.29, 1.82) is 0 Å². The Bertz CT molecular complexity index is 1040. The summed E-state index contributed by atoms with van der Waals surface area (Å²) < 4.78 is 5.14. The Kier molecular flexibility index (Phi) is 6.30. The van der Waals surface area contributed by atoms with Gasteiger partial charge in [0, 0.05) is 0 Å². The lowest BCUT2D eigenvalue weighted by molar-refractivity contribution is -0.142. The molecule has 2 aromatic carbocycles. The van der Waals surface area contributed by atoms with E-state index in [2.05, 4.69) is 5.32 Å². The summed E-state index contributed by atoms with van der Waals surface area (Å²) >= 11 is 0. The van der Waals surface area contributed by atoms with Gasteiger partial charge >= 0.3 is 0 Å². The van der Waals surface area contributed by atoms with Crippen molar-refractivity contribution in [2.24, 2.45) is 0 Å². The summed E-state index contributed by atoms with van der Waals surface area (Å²) in [4.78, 5) is 40.4. The summed E-state index contributed by atoms with van der Waals surface area (Å²) in [7, 11) is 0. The summed E-state index contributed by atoms with van der Waals surface area (Å²) in [5, 5.41) is 13.9. The number of imide groups is 1. The SMILES string of the molecule is O=C(CN1CCC[C@H]1C(=O)NC(=O)C(O)(c1ccccc1)c1ccccc1)c1ccco1. The number of benzene rings is 2. The molecule has 1 aliphatic heterocycles. The minimum absolute atomic E-state index is 0.0153. The lowest BCUT2D eigenvalue weighted by atomic mass is 9.85. The first kappa shape index (κ1) is 21.7. The first-order valence-electron chi connectivity index (χ1n) is 10.5. The molecular formula is C25H24N2O5. The Balaban J connectivity index is 1.53. The van der Waals surface area contributed by atoms with Gasteiger partial charge < -0.3 is 9.52 Å². The average Bonchev–Trinajstić information content (AvgIpc) is 3.52. The molecule has 0 bridgehead atoms. The number of hydrogen-bond acceptors (Lipinski definition) is 6. The van der Waals surface area contributed by atoms with Crippen molar-refractivity contribution in [2.45, 2.75) is 24.5 Å². The Morgan fingerprint density at radius 3 is 2.16 bits per heavy atom. The second-order valence-electron chi connectivity index (χ2n) is 7.79. The summed E-state index contributed by atoms with van der Waals surface area (Å²) in [5.41, 5.74) is -1.33. The fourth-order valence-corrected chi connectivity index (χ4v) is 4.09. The van der Waals surface area contributed by atoms with Gasteiger partial charge in [0.1, 0.15) is 0 Å². The number of nitrogens with one attached hydrogen (secondary N) is 1. The van der Waals surface area contributed by atoms with Gasteiger partial charge in [-0.3, -0.25) is 24.6 Å². The van der Waals surface area contributed by atoms with Crippen molar-refractivity contribution >= 4 is 17.6 Å². The van der Waals surface area contributed by atoms with Crippen molar-refractivity contribution in [3.8, 4) is 0 Å². The lowest BCUT2D eigenvalue weighted by Gasteiger charge is -2.29. The van der Waals surface area contributed by atoms with Gasteiger partial charge in [0.2, 0.25) is 11.7 Å². The second-order valence-corrected chi connectivity index (χ2v) is 7.79. The van der Waals surface area contributed by atoms with Crippen LogP contribution in [-0.4, -0.2) is 46.7 Å². The number of aliphatic hydroxyl groups is 1. The molecule has 2 amide bonds. The van der Waals surface area contributed by atoms with Crippen LogP contribution < -0.4 is 5.32 Å². The van der Waals surface area contributed by atoms with Crippen LogP contribution in [0.4, 0.5) is 0 Å². The summed E-state index contributed by atoms with van der Waals surface area (Å²) in [6, 6.07) is 19.6. The van der Waals surface area contributed by atoms with Crippen molar-refractivity contribution in [3.05, 3.63) is 95.9 Å². The molecule has 0 radical (unpaired) electrons. The van der Waals surface area contributed by atoms with Crippen LogP contribution >= 0.6 is 0 Å². The molecule has 1 aliphatic rings. The van der Waals surface area contributed by atoms with Crippen LogP contribution in [0.2, 0.25) is 0 Å². The number of nitrogens with zero attached hydrogens (tertiary/aromatic N) is 1. The minimum atomic E-state index is -2.04. The molecule has 1 saturated heterocycles. The molecule has 7 nitrogen and oxygen atoms in total. The van der Waals surface area contributed by atoms with E-state index < -0.39 is 23.5 Å². The van der Waals surface area contributed by atoms with Crippen LogP contribution in [0.25, 0.3) is 0 Å². The number of amides is 2. The highest BCUT2D eigenvalue weighted by molar-refractivity contribution is 6.03. The van der Waals surface area contributed by atoms with Gasteiger partial charge in [-0.2, -0.15) is 0 Å². The van der Waals surface area contributed by atoms with Crippen LogP contribution in [0.15, 0.2) is 83.5 Å². The van der Waals surface area contributed by atoms with Gasteiger partial charge in [0.25, 0.3) is 5.91 Å². The predicted octanol–water partition coefficient (Wildman–Crippen LogP) is 2.51. The van der Waals surface area contributed by atoms with Crippen molar-refractivity contribution in [3.63, 3.8) is 0 Å². The van der Waals surface area contributed by atoms with Gasteiger partial charge in [-0.15, -0.1) is 0 Å². The predicted molar refractivity (Wildman–Crippen MR) is 117 cm³/mol. The third kappa shape index (κ3) is 4.26. The molecule has 0 unspecified atom stereocenters. The van der Waals surface area contributed by atoms with Gasteiger partial charge in [0.15, 0.2) is 11.4 Å².